The molecule has 3 aromatic rings. The molecular formula is C16H17N5O2. The molecule has 1 aromatic carbocycles. The lowest BCUT2D eigenvalue weighted by Crippen LogP contribution is -2.28. The Balaban J connectivity index is 1.75. The largest absolute Gasteiger partial charge is 0.419 e. The van der Waals surface area contributed by atoms with Gasteiger partial charge in [-0.15, -0.1) is 10.2 Å². The van der Waals surface area contributed by atoms with Crippen molar-refractivity contribution in [1.82, 2.24) is 24.6 Å². The van der Waals surface area contributed by atoms with Crippen molar-refractivity contribution in [2.24, 2.45) is 7.05 Å². The van der Waals surface area contributed by atoms with Gasteiger partial charge in [-0.25, -0.2) is 4.98 Å². The molecule has 118 valence electrons. The maximum Gasteiger partial charge on any atom is 0.272 e. The fourth-order valence-corrected chi connectivity index (χ4v) is 2.32. The standard InChI is InChI=1S/C16H17N5O2/c1-11-14(21(3)10-17-11)16(22)20(2)9-13-18-19-15(23-13)12-7-5-4-6-8-12/h4-8,10H,9H2,1-3H3. The maximum atomic E-state index is 12.5. The first kappa shape index (κ1) is 15.0. The summed E-state index contributed by atoms with van der Waals surface area (Å²) in [5.41, 5.74) is 2.10. The summed E-state index contributed by atoms with van der Waals surface area (Å²) >= 11 is 0. The molecule has 0 radical (unpaired) electrons. The lowest BCUT2D eigenvalue weighted by Gasteiger charge is -2.15. The molecule has 2 heterocycles. The summed E-state index contributed by atoms with van der Waals surface area (Å²) in [6, 6.07) is 9.51. The van der Waals surface area contributed by atoms with Crippen molar-refractivity contribution in [1.29, 1.82) is 0 Å². The normalized spacial score (nSPS) is 10.7. The van der Waals surface area contributed by atoms with Crippen molar-refractivity contribution in [3.05, 3.63) is 53.9 Å². The van der Waals surface area contributed by atoms with E-state index in [1.54, 1.807) is 31.9 Å². The molecule has 0 fully saturated rings. The first-order valence-corrected chi connectivity index (χ1v) is 7.17. The lowest BCUT2D eigenvalue weighted by atomic mass is 10.2. The number of aryl methyl sites for hydroxylation is 2. The maximum absolute atomic E-state index is 12.5. The van der Waals surface area contributed by atoms with Crippen molar-refractivity contribution in [3.8, 4) is 11.5 Å². The summed E-state index contributed by atoms with van der Waals surface area (Å²) in [5.74, 6) is 0.694. The molecule has 0 aliphatic rings. The second-order valence-corrected chi connectivity index (χ2v) is 5.32. The molecule has 0 spiro atoms. The quantitative estimate of drug-likeness (QED) is 0.737. The average molecular weight is 311 g/mol. The molecule has 0 saturated heterocycles. The van der Waals surface area contributed by atoms with E-state index in [1.165, 1.54) is 4.90 Å². The summed E-state index contributed by atoms with van der Waals surface area (Å²) in [5, 5.41) is 8.03. The highest BCUT2D eigenvalue weighted by Crippen LogP contribution is 2.18. The predicted octanol–water partition coefficient (Wildman–Crippen LogP) is 2.05. The number of amides is 1. The molecule has 0 aliphatic heterocycles. The van der Waals surface area contributed by atoms with Gasteiger partial charge in [-0.2, -0.15) is 0 Å². The van der Waals surface area contributed by atoms with E-state index in [-0.39, 0.29) is 12.5 Å². The minimum Gasteiger partial charge on any atom is -0.419 e. The summed E-state index contributed by atoms with van der Waals surface area (Å²) in [4.78, 5) is 18.2. The summed E-state index contributed by atoms with van der Waals surface area (Å²) in [6.45, 7) is 2.05. The number of rotatable bonds is 4. The molecular weight excluding hydrogens is 294 g/mol. The van der Waals surface area contributed by atoms with Crippen LogP contribution in [0.5, 0.6) is 0 Å². The Labute approximate surface area is 133 Å². The van der Waals surface area contributed by atoms with Crippen LogP contribution in [0, 0.1) is 6.92 Å². The number of aromatic nitrogens is 4. The third-order valence-corrected chi connectivity index (χ3v) is 3.53. The Morgan fingerprint density at radius 1 is 1.26 bits per heavy atom. The molecule has 0 bridgehead atoms. The molecule has 0 aliphatic carbocycles. The number of benzene rings is 1. The van der Waals surface area contributed by atoms with Gasteiger partial charge < -0.3 is 13.9 Å². The van der Waals surface area contributed by atoms with Gasteiger partial charge in [0.05, 0.1) is 18.6 Å². The number of carbonyl (C=O) groups excluding carboxylic acids is 1. The Kier molecular flexibility index (Phi) is 3.92. The van der Waals surface area contributed by atoms with E-state index < -0.39 is 0 Å². The number of imidazole rings is 1. The monoisotopic (exact) mass is 311 g/mol. The molecule has 2 aromatic heterocycles. The van der Waals surface area contributed by atoms with E-state index in [2.05, 4.69) is 15.2 Å². The SMILES string of the molecule is Cc1ncn(C)c1C(=O)N(C)Cc1nnc(-c2ccccc2)o1. The Hall–Kier alpha value is -2.96. The smallest absolute Gasteiger partial charge is 0.272 e. The molecule has 0 saturated carbocycles. The molecule has 3 rings (SSSR count). The van der Waals surface area contributed by atoms with Crippen molar-refractivity contribution in [2.75, 3.05) is 7.05 Å². The minimum absolute atomic E-state index is 0.137. The van der Waals surface area contributed by atoms with Crippen LogP contribution < -0.4 is 0 Å². The molecule has 23 heavy (non-hydrogen) atoms. The highest BCUT2D eigenvalue weighted by molar-refractivity contribution is 5.93. The van der Waals surface area contributed by atoms with Gasteiger partial charge in [0, 0.05) is 19.7 Å². The Morgan fingerprint density at radius 2 is 2.00 bits per heavy atom. The first-order valence-electron chi connectivity index (χ1n) is 7.17. The van der Waals surface area contributed by atoms with Crippen LogP contribution in [0.4, 0.5) is 0 Å². The summed E-state index contributed by atoms with van der Waals surface area (Å²) in [6.07, 6.45) is 1.62. The Morgan fingerprint density at radius 3 is 2.65 bits per heavy atom. The van der Waals surface area contributed by atoms with Crippen LogP contribution in [-0.2, 0) is 13.6 Å². The summed E-state index contributed by atoms with van der Waals surface area (Å²) in [7, 11) is 3.49. The van der Waals surface area contributed by atoms with Crippen LogP contribution in [0.15, 0.2) is 41.1 Å². The second-order valence-electron chi connectivity index (χ2n) is 5.32. The minimum atomic E-state index is -0.137. The van der Waals surface area contributed by atoms with Crippen LogP contribution in [0.3, 0.4) is 0 Å². The number of nitrogens with zero attached hydrogens (tertiary/aromatic N) is 5. The molecule has 0 unspecified atom stereocenters. The van der Waals surface area contributed by atoms with Gasteiger partial charge >= 0.3 is 0 Å². The van der Waals surface area contributed by atoms with Gasteiger partial charge in [0.25, 0.3) is 5.91 Å². The number of hydrogen-bond acceptors (Lipinski definition) is 5. The lowest BCUT2D eigenvalue weighted by molar-refractivity contribution is 0.0762. The van der Waals surface area contributed by atoms with Gasteiger partial charge in [-0.3, -0.25) is 4.79 Å². The topological polar surface area (TPSA) is 77.1 Å². The zero-order valence-electron chi connectivity index (χ0n) is 13.2. The van der Waals surface area contributed by atoms with Crippen molar-refractivity contribution >= 4 is 5.91 Å². The van der Waals surface area contributed by atoms with E-state index in [0.717, 1.165) is 5.56 Å². The van der Waals surface area contributed by atoms with Gasteiger partial charge in [-0.05, 0) is 19.1 Å². The van der Waals surface area contributed by atoms with Gasteiger partial charge in [0.15, 0.2) is 0 Å². The van der Waals surface area contributed by atoms with E-state index in [0.29, 0.717) is 23.2 Å². The zero-order chi connectivity index (χ0) is 16.4. The van der Waals surface area contributed by atoms with Crippen LogP contribution in [0.2, 0.25) is 0 Å². The molecule has 7 heteroatoms. The van der Waals surface area contributed by atoms with Crippen LogP contribution >= 0.6 is 0 Å². The van der Waals surface area contributed by atoms with Gasteiger partial charge in [0.2, 0.25) is 11.8 Å². The Bertz CT molecular complexity index is 803. The number of hydrogen-bond donors (Lipinski definition) is 0. The predicted molar refractivity (Wildman–Crippen MR) is 83.5 cm³/mol. The van der Waals surface area contributed by atoms with Crippen LogP contribution in [0.1, 0.15) is 22.1 Å². The van der Waals surface area contributed by atoms with Crippen molar-refractivity contribution in [2.45, 2.75) is 13.5 Å². The second kappa shape index (κ2) is 6.04. The van der Waals surface area contributed by atoms with E-state index in [9.17, 15) is 4.79 Å². The molecule has 0 N–H and O–H groups in total. The van der Waals surface area contributed by atoms with Crippen molar-refractivity contribution < 1.29 is 9.21 Å². The van der Waals surface area contributed by atoms with Gasteiger partial charge in [0.1, 0.15) is 5.69 Å². The van der Waals surface area contributed by atoms with Crippen molar-refractivity contribution in [3.63, 3.8) is 0 Å². The zero-order valence-corrected chi connectivity index (χ0v) is 13.2. The summed E-state index contributed by atoms with van der Waals surface area (Å²) < 4.78 is 7.34. The molecule has 7 nitrogen and oxygen atoms in total. The third-order valence-electron chi connectivity index (χ3n) is 3.53. The van der Waals surface area contributed by atoms with Gasteiger partial charge in [-0.1, -0.05) is 18.2 Å². The average Bonchev–Trinajstić information content (AvgIpc) is 3.14. The van der Waals surface area contributed by atoms with E-state index in [4.69, 9.17) is 4.42 Å². The molecule has 1 amide bonds. The van der Waals surface area contributed by atoms with Crippen LogP contribution in [0.25, 0.3) is 11.5 Å². The van der Waals surface area contributed by atoms with Crippen LogP contribution in [-0.4, -0.2) is 37.6 Å². The third kappa shape index (κ3) is 2.98. The highest BCUT2D eigenvalue weighted by Gasteiger charge is 2.20. The number of carbonyl (C=O) groups is 1. The molecule has 0 atom stereocenters. The highest BCUT2D eigenvalue weighted by atomic mass is 16.4. The fraction of sp³-hybridized carbons (Fsp3) is 0.250. The van der Waals surface area contributed by atoms with E-state index >= 15 is 0 Å². The van der Waals surface area contributed by atoms with E-state index in [1.807, 2.05) is 30.3 Å². The fourth-order valence-electron chi connectivity index (χ4n) is 2.32. The first-order chi connectivity index (χ1) is 11.1.